The van der Waals surface area contributed by atoms with E-state index < -0.39 is 10.0 Å². The first-order chi connectivity index (χ1) is 9.88. The van der Waals surface area contributed by atoms with E-state index in [9.17, 15) is 8.42 Å². The molecule has 7 nitrogen and oxygen atoms in total. The Balaban J connectivity index is 2.13. The Morgan fingerprint density at radius 1 is 1.38 bits per heavy atom. The first-order valence-electron chi connectivity index (χ1n) is 7.14. The standard InChI is InChI=1S/C13H24N4O3S/c1-10-12(11(8-14-3)17-16-10)21(18,19)15-9-13(2)4-6-20-7-5-13/h14-15H,4-9H2,1-3H3,(H,16,17). The molecule has 0 radical (unpaired) electrons. The van der Waals surface area contributed by atoms with Crippen LogP contribution in [0.3, 0.4) is 0 Å². The summed E-state index contributed by atoms with van der Waals surface area (Å²) >= 11 is 0. The van der Waals surface area contributed by atoms with Gasteiger partial charge in [-0.3, -0.25) is 5.10 Å². The molecule has 1 saturated heterocycles. The molecule has 1 fully saturated rings. The van der Waals surface area contributed by atoms with Crippen molar-refractivity contribution in [2.45, 2.75) is 38.1 Å². The molecule has 1 aliphatic heterocycles. The monoisotopic (exact) mass is 316 g/mol. The molecule has 1 aliphatic rings. The summed E-state index contributed by atoms with van der Waals surface area (Å²) in [6.07, 6.45) is 1.73. The second-order valence-corrected chi connectivity index (χ2v) is 7.61. The third-order valence-electron chi connectivity index (χ3n) is 3.96. The number of aryl methyl sites for hydroxylation is 1. The maximum absolute atomic E-state index is 12.6. The fourth-order valence-corrected chi connectivity index (χ4v) is 4.06. The predicted molar refractivity (Wildman–Crippen MR) is 79.4 cm³/mol. The van der Waals surface area contributed by atoms with Crippen LogP contribution in [0.15, 0.2) is 4.90 Å². The first-order valence-corrected chi connectivity index (χ1v) is 8.62. The van der Waals surface area contributed by atoms with Crippen LogP contribution >= 0.6 is 0 Å². The van der Waals surface area contributed by atoms with Gasteiger partial charge in [0.05, 0.1) is 11.4 Å². The minimum absolute atomic E-state index is 0.0495. The fourth-order valence-electron chi connectivity index (χ4n) is 2.50. The van der Waals surface area contributed by atoms with Crippen molar-refractivity contribution in [1.82, 2.24) is 20.2 Å². The number of ether oxygens (including phenoxy) is 1. The molecule has 0 atom stereocenters. The van der Waals surface area contributed by atoms with Crippen molar-refractivity contribution in [2.24, 2.45) is 5.41 Å². The van der Waals surface area contributed by atoms with Gasteiger partial charge in [0.15, 0.2) is 0 Å². The van der Waals surface area contributed by atoms with E-state index in [0.29, 0.717) is 37.7 Å². The van der Waals surface area contributed by atoms with E-state index in [4.69, 9.17) is 4.74 Å². The highest BCUT2D eigenvalue weighted by Gasteiger charge is 2.31. The molecule has 1 aromatic heterocycles. The SMILES string of the molecule is CNCc1n[nH]c(C)c1S(=O)(=O)NCC1(C)CCOCC1. The van der Waals surface area contributed by atoms with Crippen molar-refractivity contribution in [3.05, 3.63) is 11.4 Å². The van der Waals surface area contributed by atoms with Crippen LogP contribution in [0.25, 0.3) is 0 Å². The van der Waals surface area contributed by atoms with Crippen molar-refractivity contribution in [1.29, 1.82) is 0 Å². The molecule has 1 aromatic rings. The van der Waals surface area contributed by atoms with Gasteiger partial charge in [0, 0.05) is 26.3 Å². The van der Waals surface area contributed by atoms with Crippen molar-refractivity contribution < 1.29 is 13.2 Å². The van der Waals surface area contributed by atoms with Crippen molar-refractivity contribution in [3.8, 4) is 0 Å². The number of hydrogen-bond acceptors (Lipinski definition) is 5. The molecule has 8 heteroatoms. The zero-order chi connectivity index (χ0) is 15.5. The highest BCUT2D eigenvalue weighted by molar-refractivity contribution is 7.89. The summed E-state index contributed by atoms with van der Waals surface area (Å²) in [5.41, 5.74) is 1.02. The minimum atomic E-state index is -3.56. The van der Waals surface area contributed by atoms with E-state index >= 15 is 0 Å². The molecular formula is C13H24N4O3S. The number of aromatic amines is 1. The largest absolute Gasteiger partial charge is 0.381 e. The Morgan fingerprint density at radius 2 is 2.05 bits per heavy atom. The Hall–Kier alpha value is -0.960. The lowest BCUT2D eigenvalue weighted by Crippen LogP contribution is -2.39. The average Bonchev–Trinajstić information content (AvgIpc) is 2.80. The van der Waals surface area contributed by atoms with Gasteiger partial charge in [-0.1, -0.05) is 6.92 Å². The van der Waals surface area contributed by atoms with Gasteiger partial charge in [0.25, 0.3) is 0 Å². The number of sulfonamides is 1. The van der Waals surface area contributed by atoms with Gasteiger partial charge in [-0.15, -0.1) is 0 Å². The number of aromatic nitrogens is 2. The molecular weight excluding hydrogens is 292 g/mol. The molecule has 0 amide bonds. The summed E-state index contributed by atoms with van der Waals surface area (Å²) in [7, 11) is -1.80. The first kappa shape index (κ1) is 16.4. The topological polar surface area (TPSA) is 96.1 Å². The number of nitrogens with zero attached hydrogens (tertiary/aromatic N) is 1. The molecule has 0 spiro atoms. The van der Waals surface area contributed by atoms with Gasteiger partial charge < -0.3 is 10.1 Å². The zero-order valence-corrected chi connectivity index (χ0v) is 13.6. The molecule has 0 aromatic carbocycles. The van der Waals surface area contributed by atoms with E-state index in [1.807, 2.05) is 0 Å². The Labute approximate surface area is 125 Å². The molecule has 0 saturated carbocycles. The number of H-pyrrole nitrogens is 1. The third kappa shape index (κ3) is 3.82. The second kappa shape index (κ2) is 6.43. The van der Waals surface area contributed by atoms with Crippen LogP contribution in [0.5, 0.6) is 0 Å². The normalized spacial score (nSPS) is 18.8. The number of hydrogen-bond donors (Lipinski definition) is 3. The number of rotatable bonds is 6. The molecule has 3 N–H and O–H groups in total. The van der Waals surface area contributed by atoms with Gasteiger partial charge >= 0.3 is 0 Å². The molecule has 2 heterocycles. The lowest BCUT2D eigenvalue weighted by atomic mass is 9.83. The number of nitrogens with one attached hydrogen (secondary N) is 3. The highest BCUT2D eigenvalue weighted by Crippen LogP contribution is 2.29. The summed E-state index contributed by atoms with van der Waals surface area (Å²) in [4.78, 5) is 0.257. The Kier molecular flexibility index (Phi) is 5.03. The Morgan fingerprint density at radius 3 is 2.67 bits per heavy atom. The van der Waals surface area contributed by atoms with E-state index in [1.54, 1.807) is 14.0 Å². The summed E-state index contributed by atoms with van der Waals surface area (Å²) in [5.74, 6) is 0. The van der Waals surface area contributed by atoms with Crippen LogP contribution in [0.4, 0.5) is 0 Å². The van der Waals surface area contributed by atoms with Crippen molar-refractivity contribution in [2.75, 3.05) is 26.8 Å². The summed E-state index contributed by atoms with van der Waals surface area (Å²) < 4.78 is 33.2. The quantitative estimate of drug-likeness (QED) is 0.711. The van der Waals surface area contributed by atoms with Crippen LogP contribution in [-0.4, -0.2) is 45.4 Å². The van der Waals surface area contributed by atoms with Crippen molar-refractivity contribution >= 4 is 10.0 Å². The Bertz CT molecular complexity index is 576. The third-order valence-corrected chi connectivity index (χ3v) is 5.57. The second-order valence-electron chi connectivity index (χ2n) is 5.90. The fraction of sp³-hybridized carbons (Fsp3) is 0.769. The van der Waals surface area contributed by atoms with E-state index in [2.05, 4.69) is 27.2 Å². The molecule has 120 valence electrons. The van der Waals surface area contributed by atoms with Crippen LogP contribution < -0.4 is 10.0 Å². The summed E-state index contributed by atoms with van der Waals surface area (Å²) in [6.45, 7) is 6.02. The van der Waals surface area contributed by atoms with Gasteiger partial charge in [-0.2, -0.15) is 5.10 Å². The van der Waals surface area contributed by atoms with E-state index in [1.165, 1.54) is 0 Å². The molecule has 0 bridgehead atoms. The highest BCUT2D eigenvalue weighted by atomic mass is 32.2. The van der Waals surface area contributed by atoms with Crippen LogP contribution in [0.2, 0.25) is 0 Å². The maximum Gasteiger partial charge on any atom is 0.244 e. The van der Waals surface area contributed by atoms with Crippen LogP contribution in [0.1, 0.15) is 31.2 Å². The average molecular weight is 316 g/mol. The predicted octanol–water partition coefficient (Wildman–Crippen LogP) is 0.533. The molecule has 0 aliphatic carbocycles. The van der Waals surface area contributed by atoms with Crippen LogP contribution in [-0.2, 0) is 21.3 Å². The van der Waals surface area contributed by atoms with Crippen molar-refractivity contribution in [3.63, 3.8) is 0 Å². The summed E-state index contributed by atoms with van der Waals surface area (Å²) in [6, 6.07) is 0. The summed E-state index contributed by atoms with van der Waals surface area (Å²) in [5, 5.41) is 9.74. The van der Waals surface area contributed by atoms with Gasteiger partial charge in [0.2, 0.25) is 10.0 Å². The van der Waals surface area contributed by atoms with Gasteiger partial charge in [-0.05, 0) is 32.2 Å². The van der Waals surface area contributed by atoms with E-state index in [-0.39, 0.29) is 10.3 Å². The zero-order valence-electron chi connectivity index (χ0n) is 12.8. The maximum atomic E-state index is 12.6. The lowest BCUT2D eigenvalue weighted by Gasteiger charge is -2.33. The molecule has 0 unspecified atom stereocenters. The molecule has 21 heavy (non-hydrogen) atoms. The molecule has 2 rings (SSSR count). The van der Waals surface area contributed by atoms with Gasteiger partial charge in [-0.25, -0.2) is 13.1 Å². The van der Waals surface area contributed by atoms with Gasteiger partial charge in [0.1, 0.15) is 4.90 Å². The minimum Gasteiger partial charge on any atom is -0.381 e. The van der Waals surface area contributed by atoms with Crippen LogP contribution in [0, 0.1) is 12.3 Å². The van der Waals surface area contributed by atoms with E-state index in [0.717, 1.165) is 12.8 Å². The lowest BCUT2D eigenvalue weighted by molar-refractivity contribution is 0.0264. The smallest absolute Gasteiger partial charge is 0.244 e.